The molecule has 3 rings (SSSR count). The van der Waals surface area contributed by atoms with Crippen molar-refractivity contribution in [3.8, 4) is 21.8 Å². The Morgan fingerprint density at radius 3 is 2.61 bits per heavy atom. The van der Waals surface area contributed by atoms with E-state index in [1.54, 1.807) is 17.5 Å². The summed E-state index contributed by atoms with van der Waals surface area (Å²) in [5.41, 5.74) is 3.19. The highest BCUT2D eigenvalue weighted by Gasteiger charge is 2.06. The third-order valence-corrected chi connectivity index (χ3v) is 3.85. The predicted molar refractivity (Wildman–Crippen MR) is 78.5 cm³/mol. The summed E-state index contributed by atoms with van der Waals surface area (Å²) < 4.78 is 0.969. The molecule has 3 aromatic rings. The van der Waals surface area contributed by atoms with Crippen LogP contribution in [0.3, 0.4) is 0 Å². The summed E-state index contributed by atoms with van der Waals surface area (Å²) in [7, 11) is 0. The van der Waals surface area contributed by atoms with E-state index in [1.165, 1.54) is 0 Å². The van der Waals surface area contributed by atoms with Crippen LogP contribution < -0.4 is 0 Å². The van der Waals surface area contributed by atoms with Crippen LogP contribution in [-0.4, -0.2) is 9.97 Å². The normalized spacial score (nSPS) is 10.5. The Balaban J connectivity index is 2.00. The average Bonchev–Trinajstić information content (AvgIpc) is 2.89. The largest absolute Gasteiger partial charge is 0.263 e. The van der Waals surface area contributed by atoms with Gasteiger partial charge in [-0.25, -0.2) is 4.98 Å². The lowest BCUT2D eigenvalue weighted by molar-refractivity contribution is 1.30. The number of hydrogen-bond acceptors (Lipinski definition) is 3. The minimum atomic E-state index is 0.969. The number of aromatic nitrogens is 2. The number of halogens is 1. The maximum absolute atomic E-state index is 4.65. The Kier molecular flexibility index (Phi) is 3.21. The predicted octanol–water partition coefficient (Wildman–Crippen LogP) is 4.63. The van der Waals surface area contributed by atoms with Crippen molar-refractivity contribution in [1.29, 1.82) is 0 Å². The fourth-order valence-electron chi connectivity index (χ4n) is 1.68. The van der Waals surface area contributed by atoms with Gasteiger partial charge in [-0.3, -0.25) is 4.98 Å². The molecule has 2 nitrogen and oxygen atoms in total. The van der Waals surface area contributed by atoms with Crippen LogP contribution in [0.5, 0.6) is 0 Å². The molecule has 0 unspecified atom stereocenters. The SMILES string of the molecule is Brc1cncc(-c2nc(-c3ccccc3)cs2)c1. The lowest BCUT2D eigenvalue weighted by Crippen LogP contribution is -1.80. The number of benzene rings is 1. The summed E-state index contributed by atoms with van der Waals surface area (Å²) in [4.78, 5) is 8.81. The van der Waals surface area contributed by atoms with Crippen molar-refractivity contribution in [2.24, 2.45) is 0 Å². The summed E-state index contributed by atoms with van der Waals surface area (Å²) in [5, 5.41) is 3.06. The summed E-state index contributed by atoms with van der Waals surface area (Å²) in [6.07, 6.45) is 3.60. The standard InChI is InChI=1S/C14H9BrN2S/c15-12-6-11(7-16-8-12)14-17-13(9-18-14)10-4-2-1-3-5-10/h1-9H. The number of thiazole rings is 1. The highest BCUT2D eigenvalue weighted by molar-refractivity contribution is 9.10. The average molecular weight is 317 g/mol. The van der Waals surface area contributed by atoms with Crippen LogP contribution in [0, 0.1) is 0 Å². The van der Waals surface area contributed by atoms with E-state index in [-0.39, 0.29) is 0 Å². The van der Waals surface area contributed by atoms with E-state index in [2.05, 4.69) is 43.4 Å². The smallest absolute Gasteiger partial charge is 0.125 e. The molecule has 0 radical (unpaired) electrons. The minimum Gasteiger partial charge on any atom is -0.263 e. The van der Waals surface area contributed by atoms with E-state index < -0.39 is 0 Å². The van der Waals surface area contributed by atoms with Crippen molar-refractivity contribution in [2.75, 3.05) is 0 Å². The van der Waals surface area contributed by atoms with Gasteiger partial charge >= 0.3 is 0 Å². The van der Waals surface area contributed by atoms with Crippen molar-refractivity contribution in [1.82, 2.24) is 9.97 Å². The van der Waals surface area contributed by atoms with Crippen LogP contribution in [0.2, 0.25) is 0 Å². The molecule has 0 aliphatic heterocycles. The van der Waals surface area contributed by atoms with Crippen LogP contribution in [0.1, 0.15) is 0 Å². The topological polar surface area (TPSA) is 25.8 Å². The zero-order valence-corrected chi connectivity index (χ0v) is 11.8. The molecule has 1 aromatic carbocycles. The molecule has 0 saturated heterocycles. The molecule has 0 saturated carbocycles. The quantitative estimate of drug-likeness (QED) is 0.688. The van der Waals surface area contributed by atoms with Crippen molar-refractivity contribution in [2.45, 2.75) is 0 Å². The van der Waals surface area contributed by atoms with E-state index in [0.29, 0.717) is 0 Å². The van der Waals surface area contributed by atoms with Gasteiger partial charge in [0.05, 0.1) is 5.69 Å². The van der Waals surface area contributed by atoms with Crippen molar-refractivity contribution >= 4 is 27.3 Å². The van der Waals surface area contributed by atoms with Gasteiger partial charge in [0.2, 0.25) is 0 Å². The van der Waals surface area contributed by atoms with Gasteiger partial charge in [-0.1, -0.05) is 30.3 Å². The molecule has 2 heterocycles. The molecular weight excluding hydrogens is 308 g/mol. The molecule has 4 heteroatoms. The minimum absolute atomic E-state index is 0.969. The number of rotatable bonds is 2. The number of hydrogen-bond donors (Lipinski definition) is 0. The van der Waals surface area contributed by atoms with Crippen LogP contribution in [0.4, 0.5) is 0 Å². The zero-order valence-electron chi connectivity index (χ0n) is 9.38. The second-order valence-electron chi connectivity index (χ2n) is 3.80. The number of nitrogens with zero attached hydrogens (tertiary/aromatic N) is 2. The van der Waals surface area contributed by atoms with E-state index in [0.717, 1.165) is 26.3 Å². The Morgan fingerprint density at radius 2 is 1.83 bits per heavy atom. The zero-order chi connectivity index (χ0) is 12.4. The van der Waals surface area contributed by atoms with Gasteiger partial charge in [0.1, 0.15) is 5.01 Å². The fraction of sp³-hybridized carbons (Fsp3) is 0. The molecule has 0 amide bonds. The first-order chi connectivity index (χ1) is 8.83. The van der Waals surface area contributed by atoms with Gasteiger partial charge in [0.15, 0.2) is 0 Å². The molecule has 0 atom stereocenters. The van der Waals surface area contributed by atoms with Crippen molar-refractivity contribution in [3.63, 3.8) is 0 Å². The first kappa shape index (κ1) is 11.6. The van der Waals surface area contributed by atoms with E-state index in [4.69, 9.17) is 0 Å². The summed E-state index contributed by atoms with van der Waals surface area (Å²) in [6.45, 7) is 0. The second-order valence-corrected chi connectivity index (χ2v) is 5.57. The Labute approximate surface area is 117 Å². The third kappa shape index (κ3) is 2.35. The highest BCUT2D eigenvalue weighted by Crippen LogP contribution is 2.29. The molecule has 0 aliphatic rings. The van der Waals surface area contributed by atoms with E-state index in [9.17, 15) is 0 Å². The molecule has 0 spiro atoms. The molecule has 0 aliphatic carbocycles. The summed E-state index contributed by atoms with van der Waals surface area (Å²) >= 11 is 5.06. The van der Waals surface area contributed by atoms with E-state index >= 15 is 0 Å². The lowest BCUT2D eigenvalue weighted by Gasteiger charge is -1.96. The van der Waals surface area contributed by atoms with Crippen LogP contribution in [0.25, 0.3) is 21.8 Å². The van der Waals surface area contributed by atoms with Gasteiger partial charge in [0, 0.05) is 33.4 Å². The molecule has 88 valence electrons. The Morgan fingerprint density at radius 1 is 1.00 bits per heavy atom. The molecule has 0 N–H and O–H groups in total. The maximum Gasteiger partial charge on any atom is 0.125 e. The summed E-state index contributed by atoms with van der Waals surface area (Å²) in [6, 6.07) is 12.2. The Bertz CT molecular complexity index is 664. The van der Waals surface area contributed by atoms with E-state index in [1.807, 2.05) is 30.5 Å². The lowest BCUT2D eigenvalue weighted by atomic mass is 10.2. The van der Waals surface area contributed by atoms with Crippen LogP contribution >= 0.6 is 27.3 Å². The van der Waals surface area contributed by atoms with Crippen molar-refractivity contribution in [3.05, 3.63) is 58.6 Å². The van der Waals surface area contributed by atoms with Gasteiger partial charge < -0.3 is 0 Å². The molecule has 0 fully saturated rings. The summed E-state index contributed by atoms with van der Waals surface area (Å²) in [5.74, 6) is 0. The second kappa shape index (κ2) is 5.00. The Hall–Kier alpha value is -1.52. The van der Waals surface area contributed by atoms with Gasteiger partial charge in [-0.2, -0.15) is 0 Å². The van der Waals surface area contributed by atoms with Gasteiger partial charge in [-0.05, 0) is 22.0 Å². The molecule has 18 heavy (non-hydrogen) atoms. The first-order valence-electron chi connectivity index (χ1n) is 5.45. The third-order valence-electron chi connectivity index (χ3n) is 2.53. The first-order valence-corrected chi connectivity index (χ1v) is 7.12. The van der Waals surface area contributed by atoms with Crippen LogP contribution in [0.15, 0.2) is 58.6 Å². The molecule has 2 aromatic heterocycles. The molecule has 0 bridgehead atoms. The number of pyridine rings is 1. The highest BCUT2D eigenvalue weighted by atomic mass is 79.9. The monoisotopic (exact) mass is 316 g/mol. The van der Waals surface area contributed by atoms with Gasteiger partial charge in [0.25, 0.3) is 0 Å². The van der Waals surface area contributed by atoms with Crippen LogP contribution in [-0.2, 0) is 0 Å². The van der Waals surface area contributed by atoms with Crippen molar-refractivity contribution < 1.29 is 0 Å². The van der Waals surface area contributed by atoms with Gasteiger partial charge in [-0.15, -0.1) is 11.3 Å². The maximum atomic E-state index is 4.65. The molecular formula is C14H9BrN2S. The fourth-order valence-corrected chi connectivity index (χ4v) is 2.85.